The van der Waals surface area contributed by atoms with E-state index in [-0.39, 0.29) is 18.9 Å². The van der Waals surface area contributed by atoms with E-state index in [9.17, 15) is 13.2 Å². The van der Waals surface area contributed by atoms with E-state index in [4.69, 9.17) is 0 Å². The SMILES string of the molecule is CC(CC1CCC1)NC1(C(F)(F)F)CC1. The number of alkyl halides is 3. The molecule has 0 amide bonds. The maximum Gasteiger partial charge on any atom is 0.406 e. The molecule has 2 aliphatic rings. The summed E-state index contributed by atoms with van der Waals surface area (Å²) in [6, 6.07) is -0.000532. The van der Waals surface area contributed by atoms with Gasteiger partial charge in [-0.25, -0.2) is 0 Å². The molecule has 0 heterocycles. The van der Waals surface area contributed by atoms with E-state index in [1.165, 1.54) is 19.3 Å². The molecule has 0 aromatic heterocycles. The lowest BCUT2D eigenvalue weighted by molar-refractivity contribution is -0.168. The van der Waals surface area contributed by atoms with Crippen molar-refractivity contribution in [3.05, 3.63) is 0 Å². The van der Waals surface area contributed by atoms with Crippen molar-refractivity contribution < 1.29 is 13.2 Å². The van der Waals surface area contributed by atoms with Crippen molar-refractivity contribution >= 4 is 0 Å². The van der Waals surface area contributed by atoms with E-state index >= 15 is 0 Å². The van der Waals surface area contributed by atoms with E-state index in [0.717, 1.165) is 6.42 Å². The van der Waals surface area contributed by atoms with Crippen LogP contribution in [0, 0.1) is 5.92 Å². The molecule has 0 radical (unpaired) electrons. The number of hydrogen-bond acceptors (Lipinski definition) is 1. The van der Waals surface area contributed by atoms with Crippen LogP contribution in [0.2, 0.25) is 0 Å². The first-order valence-corrected chi connectivity index (χ1v) is 5.77. The predicted molar refractivity (Wildman–Crippen MR) is 52.6 cm³/mol. The van der Waals surface area contributed by atoms with E-state index in [2.05, 4.69) is 5.32 Å². The molecule has 88 valence electrons. The van der Waals surface area contributed by atoms with Gasteiger partial charge in [0.15, 0.2) is 0 Å². The van der Waals surface area contributed by atoms with Crippen LogP contribution in [0.1, 0.15) is 45.4 Å². The van der Waals surface area contributed by atoms with Crippen LogP contribution in [0.15, 0.2) is 0 Å². The standard InChI is InChI=1S/C11H18F3N/c1-8(7-9-3-2-4-9)15-10(5-6-10)11(12,13)14/h8-9,15H,2-7H2,1H3. The molecule has 1 atom stereocenters. The van der Waals surface area contributed by atoms with Crippen LogP contribution in [-0.4, -0.2) is 17.8 Å². The highest BCUT2D eigenvalue weighted by Gasteiger charge is 2.63. The topological polar surface area (TPSA) is 12.0 Å². The first-order chi connectivity index (χ1) is 6.93. The van der Waals surface area contributed by atoms with Crippen LogP contribution in [0.25, 0.3) is 0 Å². The van der Waals surface area contributed by atoms with Crippen molar-refractivity contribution in [1.82, 2.24) is 5.32 Å². The second-order valence-electron chi connectivity index (χ2n) is 5.16. The first kappa shape index (κ1) is 11.2. The molecule has 0 aromatic rings. The third-order valence-corrected chi connectivity index (χ3v) is 3.73. The van der Waals surface area contributed by atoms with Gasteiger partial charge in [-0.05, 0) is 32.1 Å². The molecule has 4 heteroatoms. The van der Waals surface area contributed by atoms with Crippen molar-refractivity contribution in [2.24, 2.45) is 5.92 Å². The monoisotopic (exact) mass is 221 g/mol. The zero-order chi connectivity index (χ0) is 11.1. The van der Waals surface area contributed by atoms with Crippen LogP contribution in [0.5, 0.6) is 0 Å². The van der Waals surface area contributed by atoms with Crippen LogP contribution in [0.4, 0.5) is 13.2 Å². The van der Waals surface area contributed by atoms with Gasteiger partial charge in [-0.15, -0.1) is 0 Å². The molecule has 0 spiro atoms. The molecule has 2 fully saturated rings. The van der Waals surface area contributed by atoms with Gasteiger partial charge in [0, 0.05) is 6.04 Å². The van der Waals surface area contributed by atoms with Gasteiger partial charge in [0.2, 0.25) is 0 Å². The maximum absolute atomic E-state index is 12.6. The number of hydrogen-bond donors (Lipinski definition) is 1. The summed E-state index contributed by atoms with van der Waals surface area (Å²) in [5.41, 5.74) is -1.53. The number of halogens is 3. The van der Waals surface area contributed by atoms with E-state index < -0.39 is 11.7 Å². The Balaban J connectivity index is 1.80. The lowest BCUT2D eigenvalue weighted by atomic mass is 9.81. The van der Waals surface area contributed by atoms with Crippen molar-refractivity contribution in [3.63, 3.8) is 0 Å². The minimum absolute atomic E-state index is 0.000532. The van der Waals surface area contributed by atoms with Crippen molar-refractivity contribution in [2.75, 3.05) is 0 Å². The largest absolute Gasteiger partial charge is 0.406 e. The highest BCUT2D eigenvalue weighted by atomic mass is 19.4. The van der Waals surface area contributed by atoms with Gasteiger partial charge in [-0.3, -0.25) is 0 Å². The van der Waals surface area contributed by atoms with Gasteiger partial charge >= 0.3 is 6.18 Å². The Labute approximate surface area is 88.4 Å². The van der Waals surface area contributed by atoms with E-state index in [1.807, 2.05) is 6.92 Å². The number of nitrogens with one attached hydrogen (secondary N) is 1. The Morgan fingerprint density at radius 1 is 1.33 bits per heavy atom. The average molecular weight is 221 g/mol. The summed E-state index contributed by atoms with van der Waals surface area (Å²) >= 11 is 0. The summed E-state index contributed by atoms with van der Waals surface area (Å²) in [5, 5.41) is 2.78. The minimum atomic E-state index is -4.07. The van der Waals surface area contributed by atoms with Gasteiger partial charge in [-0.1, -0.05) is 19.3 Å². The van der Waals surface area contributed by atoms with Crippen LogP contribution >= 0.6 is 0 Å². The Morgan fingerprint density at radius 3 is 2.27 bits per heavy atom. The quantitative estimate of drug-likeness (QED) is 0.768. The molecule has 0 saturated heterocycles. The number of rotatable bonds is 4. The summed E-state index contributed by atoms with van der Waals surface area (Å²) in [6.45, 7) is 1.88. The summed E-state index contributed by atoms with van der Waals surface area (Å²) in [7, 11) is 0. The molecule has 0 aromatic carbocycles. The summed E-state index contributed by atoms with van der Waals surface area (Å²) < 4.78 is 37.9. The Kier molecular flexibility index (Phi) is 2.73. The molecule has 2 saturated carbocycles. The molecule has 1 nitrogen and oxygen atoms in total. The molecule has 15 heavy (non-hydrogen) atoms. The molecule has 1 N–H and O–H groups in total. The zero-order valence-corrected chi connectivity index (χ0v) is 9.03. The van der Waals surface area contributed by atoms with Gasteiger partial charge < -0.3 is 5.32 Å². The van der Waals surface area contributed by atoms with Crippen LogP contribution in [-0.2, 0) is 0 Å². The van der Waals surface area contributed by atoms with Crippen molar-refractivity contribution in [1.29, 1.82) is 0 Å². The third kappa shape index (κ3) is 2.30. The van der Waals surface area contributed by atoms with Gasteiger partial charge in [-0.2, -0.15) is 13.2 Å². The smallest absolute Gasteiger partial charge is 0.301 e. The van der Waals surface area contributed by atoms with Crippen LogP contribution < -0.4 is 5.32 Å². The molecule has 2 rings (SSSR count). The van der Waals surface area contributed by atoms with Crippen molar-refractivity contribution in [2.45, 2.75) is 63.2 Å². The third-order valence-electron chi connectivity index (χ3n) is 3.73. The maximum atomic E-state index is 12.6. The van der Waals surface area contributed by atoms with Gasteiger partial charge in [0.05, 0.1) is 0 Å². The second kappa shape index (κ2) is 3.65. The van der Waals surface area contributed by atoms with E-state index in [1.54, 1.807) is 0 Å². The lowest BCUT2D eigenvalue weighted by Crippen LogP contribution is -2.49. The molecule has 0 aliphatic heterocycles. The lowest BCUT2D eigenvalue weighted by Gasteiger charge is -2.31. The van der Waals surface area contributed by atoms with E-state index in [0.29, 0.717) is 5.92 Å². The molecule has 0 bridgehead atoms. The predicted octanol–water partition coefficient (Wildman–Crippen LogP) is 3.25. The Bertz CT molecular complexity index is 228. The highest BCUT2D eigenvalue weighted by molar-refractivity contribution is 5.08. The fourth-order valence-corrected chi connectivity index (χ4v) is 2.39. The second-order valence-corrected chi connectivity index (χ2v) is 5.16. The molecular formula is C11H18F3N. The highest BCUT2D eigenvalue weighted by Crippen LogP contribution is 2.49. The molecule has 1 unspecified atom stereocenters. The van der Waals surface area contributed by atoms with Crippen molar-refractivity contribution in [3.8, 4) is 0 Å². The van der Waals surface area contributed by atoms with Gasteiger partial charge in [0.25, 0.3) is 0 Å². The Hall–Kier alpha value is -0.250. The first-order valence-electron chi connectivity index (χ1n) is 5.77. The fourth-order valence-electron chi connectivity index (χ4n) is 2.39. The average Bonchev–Trinajstić information content (AvgIpc) is 2.76. The zero-order valence-electron chi connectivity index (χ0n) is 9.03. The molecule has 2 aliphatic carbocycles. The summed E-state index contributed by atoms with van der Waals surface area (Å²) in [6.07, 6.45) is 0.994. The minimum Gasteiger partial charge on any atom is -0.301 e. The fraction of sp³-hybridized carbons (Fsp3) is 1.00. The summed E-state index contributed by atoms with van der Waals surface area (Å²) in [5.74, 6) is 0.663. The van der Waals surface area contributed by atoms with Gasteiger partial charge in [0.1, 0.15) is 5.54 Å². The Morgan fingerprint density at radius 2 is 1.93 bits per heavy atom. The normalized spacial score (nSPS) is 27.2. The van der Waals surface area contributed by atoms with Crippen LogP contribution in [0.3, 0.4) is 0 Å². The summed E-state index contributed by atoms with van der Waals surface area (Å²) in [4.78, 5) is 0. The molecular weight excluding hydrogens is 203 g/mol.